The molecule has 0 spiro atoms. The predicted octanol–water partition coefficient (Wildman–Crippen LogP) is 2.32. The topological polar surface area (TPSA) is 47.7 Å². The summed E-state index contributed by atoms with van der Waals surface area (Å²) in [6.45, 7) is 4.77. The van der Waals surface area contributed by atoms with Gasteiger partial charge in [0.25, 0.3) is 0 Å². The van der Waals surface area contributed by atoms with Crippen LogP contribution in [0.3, 0.4) is 0 Å². The average Bonchev–Trinajstić information content (AvgIpc) is 2.43. The first kappa shape index (κ1) is 17.4. The molecule has 2 unspecified atom stereocenters. The van der Waals surface area contributed by atoms with E-state index in [0.29, 0.717) is 19.8 Å². The van der Waals surface area contributed by atoms with Gasteiger partial charge in [0.15, 0.2) is 0 Å². The zero-order valence-corrected chi connectivity index (χ0v) is 13.3. The van der Waals surface area contributed by atoms with E-state index >= 15 is 0 Å². The molecule has 0 radical (unpaired) electrons. The van der Waals surface area contributed by atoms with Crippen molar-refractivity contribution in [2.24, 2.45) is 5.73 Å². The summed E-state index contributed by atoms with van der Waals surface area (Å²) in [5.41, 5.74) is 7.12. The highest BCUT2D eigenvalue weighted by molar-refractivity contribution is 6.30. The number of nitrogens with two attached hydrogens (primary N) is 1. The third-order valence-corrected chi connectivity index (χ3v) is 3.62. The van der Waals surface area contributed by atoms with Gasteiger partial charge in [0, 0.05) is 44.4 Å². The second-order valence-corrected chi connectivity index (χ2v) is 5.28. The van der Waals surface area contributed by atoms with Crippen molar-refractivity contribution in [3.63, 3.8) is 0 Å². The Hall–Kier alpha value is -0.650. The molecular formula is C15H25ClN2O2. The van der Waals surface area contributed by atoms with Gasteiger partial charge in [0.1, 0.15) is 0 Å². The van der Waals surface area contributed by atoms with Gasteiger partial charge in [-0.2, -0.15) is 0 Å². The average molecular weight is 301 g/mol. The third kappa shape index (κ3) is 5.04. The van der Waals surface area contributed by atoms with E-state index in [9.17, 15) is 0 Å². The van der Waals surface area contributed by atoms with E-state index in [1.165, 1.54) is 0 Å². The first-order valence-electron chi connectivity index (χ1n) is 6.83. The predicted molar refractivity (Wildman–Crippen MR) is 83.2 cm³/mol. The zero-order chi connectivity index (χ0) is 15.0. The van der Waals surface area contributed by atoms with Gasteiger partial charge < -0.3 is 15.2 Å². The molecule has 1 rings (SSSR count). The lowest BCUT2D eigenvalue weighted by molar-refractivity contribution is 0.0487. The molecule has 2 N–H and O–H groups in total. The van der Waals surface area contributed by atoms with Crippen LogP contribution in [0.1, 0.15) is 18.5 Å². The molecule has 1 aromatic rings. The van der Waals surface area contributed by atoms with E-state index in [0.717, 1.165) is 17.1 Å². The monoisotopic (exact) mass is 300 g/mol. The van der Waals surface area contributed by atoms with Gasteiger partial charge in [-0.15, -0.1) is 0 Å². The summed E-state index contributed by atoms with van der Waals surface area (Å²) in [7, 11) is 3.41. The maximum absolute atomic E-state index is 6.09. The van der Waals surface area contributed by atoms with Crippen LogP contribution in [0.15, 0.2) is 24.3 Å². The Kier molecular flexibility index (Phi) is 8.11. The van der Waals surface area contributed by atoms with Crippen molar-refractivity contribution < 1.29 is 9.47 Å². The Bertz CT molecular complexity index is 390. The fourth-order valence-corrected chi connectivity index (χ4v) is 2.59. The molecule has 20 heavy (non-hydrogen) atoms. The molecule has 114 valence electrons. The van der Waals surface area contributed by atoms with E-state index in [-0.39, 0.29) is 12.1 Å². The van der Waals surface area contributed by atoms with Crippen LogP contribution in [0.4, 0.5) is 0 Å². The molecule has 0 aliphatic heterocycles. The molecule has 0 saturated carbocycles. The van der Waals surface area contributed by atoms with E-state index in [1.807, 2.05) is 18.2 Å². The summed E-state index contributed by atoms with van der Waals surface area (Å²) in [6.07, 6.45) is 0. The molecule has 0 fully saturated rings. The molecule has 0 amide bonds. The Morgan fingerprint density at radius 2 is 2.05 bits per heavy atom. The SMILES string of the molecule is COCCN(C(C)COC)C(CN)c1cccc(Cl)c1. The number of methoxy groups -OCH3 is 2. The normalized spacial score (nSPS) is 14.5. The molecule has 0 aliphatic rings. The van der Waals surface area contributed by atoms with Gasteiger partial charge in [0.05, 0.1) is 13.2 Å². The fourth-order valence-electron chi connectivity index (χ4n) is 2.39. The Morgan fingerprint density at radius 1 is 1.30 bits per heavy atom. The van der Waals surface area contributed by atoms with Gasteiger partial charge in [-0.3, -0.25) is 4.90 Å². The Labute approximate surface area is 126 Å². The summed E-state index contributed by atoms with van der Waals surface area (Å²) >= 11 is 6.09. The van der Waals surface area contributed by atoms with Gasteiger partial charge in [-0.1, -0.05) is 23.7 Å². The largest absolute Gasteiger partial charge is 0.383 e. The summed E-state index contributed by atoms with van der Waals surface area (Å²) in [4.78, 5) is 2.30. The van der Waals surface area contributed by atoms with E-state index < -0.39 is 0 Å². The zero-order valence-electron chi connectivity index (χ0n) is 12.5. The quantitative estimate of drug-likeness (QED) is 0.760. The lowest BCUT2D eigenvalue weighted by atomic mass is 10.0. The maximum atomic E-state index is 6.09. The van der Waals surface area contributed by atoms with Crippen molar-refractivity contribution in [2.75, 3.05) is 40.5 Å². The van der Waals surface area contributed by atoms with Gasteiger partial charge in [-0.05, 0) is 24.6 Å². The number of nitrogens with zero attached hydrogens (tertiary/aromatic N) is 1. The van der Waals surface area contributed by atoms with Crippen molar-refractivity contribution in [1.82, 2.24) is 4.90 Å². The summed E-state index contributed by atoms with van der Waals surface area (Å²) < 4.78 is 10.5. The van der Waals surface area contributed by atoms with Crippen molar-refractivity contribution in [1.29, 1.82) is 0 Å². The van der Waals surface area contributed by atoms with Crippen LogP contribution in [0.2, 0.25) is 5.02 Å². The minimum absolute atomic E-state index is 0.106. The van der Waals surface area contributed by atoms with Crippen molar-refractivity contribution in [3.05, 3.63) is 34.9 Å². The van der Waals surface area contributed by atoms with Gasteiger partial charge in [0.2, 0.25) is 0 Å². The van der Waals surface area contributed by atoms with Crippen LogP contribution in [-0.2, 0) is 9.47 Å². The second kappa shape index (κ2) is 9.32. The molecule has 0 heterocycles. The molecule has 0 aromatic heterocycles. The van der Waals surface area contributed by atoms with Gasteiger partial charge >= 0.3 is 0 Å². The van der Waals surface area contributed by atoms with Crippen LogP contribution in [-0.4, -0.2) is 51.5 Å². The standard InChI is InChI=1S/C15H25ClN2O2/c1-12(11-20-3)18(7-8-19-2)15(10-17)13-5-4-6-14(16)9-13/h4-6,9,12,15H,7-8,10-11,17H2,1-3H3. The number of hydrogen-bond acceptors (Lipinski definition) is 4. The number of hydrogen-bond donors (Lipinski definition) is 1. The highest BCUT2D eigenvalue weighted by atomic mass is 35.5. The van der Waals surface area contributed by atoms with Crippen LogP contribution in [0, 0.1) is 0 Å². The lowest BCUT2D eigenvalue weighted by Crippen LogP contribution is -2.43. The number of ether oxygens (including phenoxy) is 2. The Morgan fingerprint density at radius 3 is 2.60 bits per heavy atom. The minimum atomic E-state index is 0.106. The highest BCUT2D eigenvalue weighted by Crippen LogP contribution is 2.24. The smallest absolute Gasteiger partial charge is 0.0615 e. The second-order valence-electron chi connectivity index (χ2n) is 4.84. The van der Waals surface area contributed by atoms with Gasteiger partial charge in [-0.25, -0.2) is 0 Å². The van der Waals surface area contributed by atoms with Crippen LogP contribution >= 0.6 is 11.6 Å². The molecule has 1 aromatic carbocycles. The van der Waals surface area contributed by atoms with E-state index in [2.05, 4.69) is 17.9 Å². The Balaban J connectivity index is 2.94. The third-order valence-electron chi connectivity index (χ3n) is 3.38. The number of rotatable bonds is 9. The molecule has 2 atom stereocenters. The molecule has 5 heteroatoms. The van der Waals surface area contributed by atoms with Crippen molar-refractivity contribution >= 4 is 11.6 Å². The highest BCUT2D eigenvalue weighted by Gasteiger charge is 2.23. The number of halogens is 1. The molecule has 0 saturated heterocycles. The number of benzene rings is 1. The first-order chi connectivity index (χ1) is 9.63. The van der Waals surface area contributed by atoms with Crippen LogP contribution in [0.5, 0.6) is 0 Å². The summed E-state index contributed by atoms with van der Waals surface area (Å²) in [6, 6.07) is 8.21. The van der Waals surface area contributed by atoms with Crippen molar-refractivity contribution in [2.45, 2.75) is 19.0 Å². The van der Waals surface area contributed by atoms with E-state index in [1.54, 1.807) is 14.2 Å². The van der Waals surface area contributed by atoms with E-state index in [4.69, 9.17) is 26.8 Å². The van der Waals surface area contributed by atoms with Crippen LogP contribution < -0.4 is 5.73 Å². The fraction of sp³-hybridized carbons (Fsp3) is 0.600. The summed E-state index contributed by atoms with van der Waals surface area (Å²) in [5.74, 6) is 0. The molecule has 0 bridgehead atoms. The maximum Gasteiger partial charge on any atom is 0.0615 e. The molecule has 0 aliphatic carbocycles. The molecule has 4 nitrogen and oxygen atoms in total. The minimum Gasteiger partial charge on any atom is -0.383 e. The molecular weight excluding hydrogens is 276 g/mol. The lowest BCUT2D eigenvalue weighted by Gasteiger charge is -2.36. The van der Waals surface area contributed by atoms with Crippen molar-refractivity contribution in [3.8, 4) is 0 Å². The summed E-state index contributed by atoms with van der Waals surface area (Å²) in [5, 5.41) is 0.729. The van der Waals surface area contributed by atoms with Crippen LogP contribution in [0.25, 0.3) is 0 Å². The first-order valence-corrected chi connectivity index (χ1v) is 7.21.